The van der Waals surface area contributed by atoms with Crippen molar-refractivity contribution < 1.29 is 19.4 Å². The zero-order valence-electron chi connectivity index (χ0n) is 12.6. The molecule has 0 saturated heterocycles. The van der Waals surface area contributed by atoms with Crippen molar-refractivity contribution in [3.8, 4) is 5.75 Å². The third-order valence-corrected chi connectivity index (χ3v) is 4.80. The fourth-order valence-corrected chi connectivity index (χ4v) is 3.25. The van der Waals surface area contributed by atoms with Gasteiger partial charge in [-0.1, -0.05) is 29.4 Å². The van der Waals surface area contributed by atoms with E-state index in [0.717, 1.165) is 27.2 Å². The van der Waals surface area contributed by atoms with E-state index in [1.54, 1.807) is 18.2 Å². The highest BCUT2D eigenvalue weighted by Crippen LogP contribution is 2.37. The van der Waals surface area contributed by atoms with Crippen LogP contribution in [0.5, 0.6) is 5.75 Å². The van der Waals surface area contributed by atoms with Gasteiger partial charge in [0.05, 0.1) is 5.02 Å². The van der Waals surface area contributed by atoms with Crippen molar-refractivity contribution in [2.45, 2.75) is 23.6 Å². The molecule has 0 radical (unpaired) electrons. The number of carbonyl (C=O) groups excluding carboxylic acids is 1. The lowest BCUT2D eigenvalue weighted by atomic mass is 10.1. The van der Waals surface area contributed by atoms with Crippen LogP contribution in [0.4, 0.5) is 0 Å². The Bertz CT molecular complexity index is 758. The van der Waals surface area contributed by atoms with Crippen LogP contribution in [-0.4, -0.2) is 24.0 Å². The van der Waals surface area contributed by atoms with Gasteiger partial charge < -0.3 is 9.84 Å². The van der Waals surface area contributed by atoms with E-state index in [1.807, 2.05) is 26.0 Å². The van der Waals surface area contributed by atoms with Crippen LogP contribution in [0.2, 0.25) is 5.02 Å². The predicted molar refractivity (Wildman–Crippen MR) is 90.0 cm³/mol. The van der Waals surface area contributed by atoms with Gasteiger partial charge in [0, 0.05) is 15.4 Å². The van der Waals surface area contributed by atoms with Crippen molar-refractivity contribution in [2.24, 2.45) is 0 Å². The molecule has 2 aromatic carbocycles. The van der Waals surface area contributed by atoms with Crippen LogP contribution < -0.4 is 4.74 Å². The molecule has 0 unspecified atom stereocenters. The van der Waals surface area contributed by atoms with E-state index in [9.17, 15) is 9.59 Å². The molecule has 0 amide bonds. The molecule has 0 bridgehead atoms. The maximum Gasteiger partial charge on any atom is 0.341 e. The molecule has 1 N–H and O–H groups in total. The van der Waals surface area contributed by atoms with Gasteiger partial charge in [0.1, 0.15) is 12.0 Å². The average molecular weight is 351 g/mol. The van der Waals surface area contributed by atoms with Crippen LogP contribution in [0.15, 0.2) is 40.1 Å². The summed E-state index contributed by atoms with van der Waals surface area (Å²) in [6.45, 7) is 3.41. The monoisotopic (exact) mass is 350 g/mol. The first-order valence-electron chi connectivity index (χ1n) is 6.79. The van der Waals surface area contributed by atoms with Gasteiger partial charge in [-0.15, -0.1) is 0 Å². The van der Waals surface area contributed by atoms with Crippen LogP contribution in [0.25, 0.3) is 0 Å². The number of carboxylic acids is 1. The van der Waals surface area contributed by atoms with E-state index >= 15 is 0 Å². The van der Waals surface area contributed by atoms with Gasteiger partial charge in [-0.05, 0) is 49.2 Å². The smallest absolute Gasteiger partial charge is 0.341 e. The Labute approximate surface area is 143 Å². The largest absolute Gasteiger partial charge is 0.482 e. The second kappa shape index (κ2) is 7.53. The van der Waals surface area contributed by atoms with E-state index in [0.29, 0.717) is 16.3 Å². The lowest BCUT2D eigenvalue weighted by Crippen LogP contribution is -2.10. The lowest BCUT2D eigenvalue weighted by Gasteiger charge is -2.13. The molecule has 0 aromatic heterocycles. The Morgan fingerprint density at radius 2 is 1.96 bits per heavy atom. The highest BCUT2D eigenvalue weighted by Gasteiger charge is 2.10. The summed E-state index contributed by atoms with van der Waals surface area (Å²) in [5, 5.41) is 9.21. The Morgan fingerprint density at radius 3 is 2.57 bits per heavy atom. The van der Waals surface area contributed by atoms with E-state index in [1.165, 1.54) is 11.8 Å². The maximum absolute atomic E-state index is 10.8. The number of benzene rings is 2. The number of rotatable bonds is 6. The molecule has 2 aromatic rings. The Hall–Kier alpha value is -1.98. The van der Waals surface area contributed by atoms with Gasteiger partial charge in [0.25, 0.3) is 0 Å². The van der Waals surface area contributed by atoms with Gasteiger partial charge in [0.15, 0.2) is 6.61 Å². The van der Waals surface area contributed by atoms with Gasteiger partial charge in [-0.25, -0.2) is 4.79 Å². The Kier molecular flexibility index (Phi) is 5.69. The molecule has 0 atom stereocenters. The second-order valence-electron chi connectivity index (χ2n) is 4.98. The maximum atomic E-state index is 10.8. The number of carboxylic acid groups (broad SMARTS) is 1. The van der Waals surface area contributed by atoms with Crippen LogP contribution in [0, 0.1) is 13.8 Å². The van der Waals surface area contributed by atoms with Gasteiger partial charge in [-0.2, -0.15) is 0 Å². The van der Waals surface area contributed by atoms with E-state index < -0.39 is 5.97 Å². The van der Waals surface area contributed by atoms with Gasteiger partial charge in [-0.3, -0.25) is 4.79 Å². The fraction of sp³-hybridized carbons (Fsp3) is 0.176. The molecule has 0 aliphatic heterocycles. The summed E-state index contributed by atoms with van der Waals surface area (Å²) in [5.41, 5.74) is 2.33. The highest BCUT2D eigenvalue weighted by molar-refractivity contribution is 7.99. The minimum Gasteiger partial charge on any atom is -0.482 e. The molecule has 0 heterocycles. The summed E-state index contributed by atoms with van der Waals surface area (Å²) < 4.78 is 5.26. The molecule has 0 aliphatic rings. The number of carbonyl (C=O) groups is 2. The van der Waals surface area contributed by atoms with Crippen molar-refractivity contribution in [2.75, 3.05) is 6.61 Å². The molecule has 6 heteroatoms. The third kappa shape index (κ3) is 4.50. The Morgan fingerprint density at radius 1 is 1.22 bits per heavy atom. The number of aryl methyl sites for hydroxylation is 2. The zero-order valence-corrected chi connectivity index (χ0v) is 14.2. The van der Waals surface area contributed by atoms with Crippen molar-refractivity contribution in [1.29, 1.82) is 0 Å². The van der Waals surface area contributed by atoms with Crippen LogP contribution in [0.3, 0.4) is 0 Å². The third-order valence-electron chi connectivity index (χ3n) is 3.14. The summed E-state index contributed by atoms with van der Waals surface area (Å²) >= 11 is 7.68. The predicted octanol–water partition coefficient (Wildman–Crippen LogP) is 4.38. The first kappa shape index (κ1) is 17.4. The number of aliphatic carboxylic acids is 1. The molecule has 0 aliphatic carbocycles. The van der Waals surface area contributed by atoms with Crippen LogP contribution in [-0.2, 0) is 4.79 Å². The summed E-state index contributed by atoms with van der Waals surface area (Å²) in [5.74, 6) is -0.459. The zero-order chi connectivity index (χ0) is 17.0. The molecule has 4 nitrogen and oxygen atoms in total. The minimum atomic E-state index is -1.01. The van der Waals surface area contributed by atoms with E-state index in [4.69, 9.17) is 21.4 Å². The molecule has 2 rings (SSSR count). The van der Waals surface area contributed by atoms with Gasteiger partial charge in [0.2, 0.25) is 0 Å². The summed E-state index contributed by atoms with van der Waals surface area (Å²) in [6.07, 6.45) is 0.754. The van der Waals surface area contributed by atoms with Crippen LogP contribution in [0.1, 0.15) is 21.5 Å². The normalized spacial score (nSPS) is 10.4. The second-order valence-corrected chi connectivity index (χ2v) is 6.47. The minimum absolute atomic E-state index is 0.369. The summed E-state index contributed by atoms with van der Waals surface area (Å²) in [4.78, 5) is 23.2. The average Bonchev–Trinajstić information content (AvgIpc) is 2.50. The van der Waals surface area contributed by atoms with Gasteiger partial charge >= 0.3 is 5.97 Å². The van der Waals surface area contributed by atoms with Crippen LogP contribution >= 0.6 is 23.4 Å². The van der Waals surface area contributed by atoms with E-state index in [-0.39, 0.29) is 6.61 Å². The highest BCUT2D eigenvalue weighted by atomic mass is 35.5. The lowest BCUT2D eigenvalue weighted by molar-refractivity contribution is -0.139. The van der Waals surface area contributed by atoms with Crippen molar-refractivity contribution in [3.63, 3.8) is 0 Å². The molecule has 120 valence electrons. The molecular weight excluding hydrogens is 336 g/mol. The fourth-order valence-electron chi connectivity index (χ4n) is 1.96. The quantitative estimate of drug-likeness (QED) is 0.783. The van der Waals surface area contributed by atoms with Crippen molar-refractivity contribution >= 4 is 35.6 Å². The number of hydrogen-bond donors (Lipinski definition) is 1. The number of ether oxygens (including phenoxy) is 1. The molecular formula is C17H15ClO4S. The first-order valence-corrected chi connectivity index (χ1v) is 7.98. The number of halogens is 1. The van der Waals surface area contributed by atoms with Crippen molar-refractivity contribution in [3.05, 3.63) is 52.0 Å². The SMILES string of the molecule is Cc1cc(Sc2ccc(C=O)cc2Cl)c(C)cc1OCC(=O)O. The van der Waals surface area contributed by atoms with Crippen molar-refractivity contribution in [1.82, 2.24) is 0 Å². The standard InChI is InChI=1S/C17H15ClO4S/c1-10-6-16(11(2)5-14(10)22-9-17(20)21)23-15-4-3-12(8-19)7-13(15)18/h3-8H,9H2,1-2H3,(H,20,21). The molecule has 0 saturated carbocycles. The molecule has 0 fully saturated rings. The number of aldehydes is 1. The Balaban J connectivity index is 2.25. The molecule has 23 heavy (non-hydrogen) atoms. The summed E-state index contributed by atoms with van der Waals surface area (Å²) in [7, 11) is 0. The van der Waals surface area contributed by atoms with E-state index in [2.05, 4.69) is 0 Å². The topological polar surface area (TPSA) is 63.6 Å². The first-order chi connectivity index (χ1) is 10.9. The number of hydrogen-bond acceptors (Lipinski definition) is 4. The molecule has 0 spiro atoms. The summed E-state index contributed by atoms with van der Waals surface area (Å²) in [6, 6.07) is 8.90.